The first-order valence-electron chi connectivity index (χ1n) is 5.41. The van der Waals surface area contributed by atoms with Gasteiger partial charge in [0.2, 0.25) is 5.91 Å². The summed E-state index contributed by atoms with van der Waals surface area (Å²) in [6.07, 6.45) is 0.702. The van der Waals surface area contributed by atoms with Crippen LogP contribution in [-0.4, -0.2) is 47.5 Å². The van der Waals surface area contributed by atoms with Crippen LogP contribution >= 0.6 is 0 Å². The van der Waals surface area contributed by atoms with E-state index in [0.717, 1.165) is 6.42 Å². The Morgan fingerprint density at radius 3 is 2.41 bits per heavy atom. The van der Waals surface area contributed by atoms with Gasteiger partial charge in [0, 0.05) is 20.0 Å². The first-order chi connectivity index (χ1) is 7.88. The van der Waals surface area contributed by atoms with Gasteiger partial charge in [-0.1, -0.05) is 6.92 Å². The maximum absolute atomic E-state index is 11.5. The SMILES string of the molecule is CCCN(C)C(=O)NC(CCC(N)=O)C(=O)O. The van der Waals surface area contributed by atoms with Crippen LogP contribution in [0.4, 0.5) is 4.79 Å². The van der Waals surface area contributed by atoms with Crippen molar-refractivity contribution in [2.24, 2.45) is 5.73 Å². The summed E-state index contributed by atoms with van der Waals surface area (Å²) < 4.78 is 0. The summed E-state index contributed by atoms with van der Waals surface area (Å²) in [6.45, 7) is 2.44. The predicted molar refractivity (Wildman–Crippen MR) is 61.3 cm³/mol. The van der Waals surface area contributed by atoms with Crippen LogP contribution in [0.2, 0.25) is 0 Å². The van der Waals surface area contributed by atoms with Gasteiger partial charge in [-0.3, -0.25) is 4.79 Å². The fraction of sp³-hybridized carbons (Fsp3) is 0.700. The third-order valence-electron chi connectivity index (χ3n) is 2.18. The Hall–Kier alpha value is -1.79. The molecule has 0 heterocycles. The van der Waals surface area contributed by atoms with Crippen LogP contribution in [0.3, 0.4) is 0 Å². The second-order valence-corrected chi connectivity index (χ2v) is 3.77. The standard InChI is InChI=1S/C10H19N3O4/c1-3-6-13(2)10(17)12-7(9(15)16)4-5-8(11)14/h7H,3-6H2,1-2H3,(H2,11,14)(H,12,17)(H,15,16). The van der Waals surface area contributed by atoms with Crippen LogP contribution in [0.15, 0.2) is 0 Å². The van der Waals surface area contributed by atoms with Crippen LogP contribution in [-0.2, 0) is 9.59 Å². The minimum atomic E-state index is -1.18. The van der Waals surface area contributed by atoms with Gasteiger partial charge < -0.3 is 21.1 Å². The molecular weight excluding hydrogens is 226 g/mol. The highest BCUT2D eigenvalue weighted by Gasteiger charge is 2.21. The van der Waals surface area contributed by atoms with E-state index in [4.69, 9.17) is 10.8 Å². The van der Waals surface area contributed by atoms with E-state index in [1.165, 1.54) is 4.90 Å². The van der Waals surface area contributed by atoms with E-state index in [1.54, 1.807) is 7.05 Å². The molecule has 7 heteroatoms. The maximum Gasteiger partial charge on any atom is 0.326 e. The minimum absolute atomic E-state index is 0.00360. The van der Waals surface area contributed by atoms with Crippen LogP contribution in [0.1, 0.15) is 26.2 Å². The largest absolute Gasteiger partial charge is 0.480 e. The Kier molecular flexibility index (Phi) is 6.69. The van der Waals surface area contributed by atoms with Crippen molar-refractivity contribution < 1.29 is 19.5 Å². The predicted octanol–water partition coefficient (Wildman–Crippen LogP) is -0.243. The van der Waals surface area contributed by atoms with Gasteiger partial charge in [0.1, 0.15) is 6.04 Å². The Balaban J connectivity index is 4.29. The summed E-state index contributed by atoms with van der Waals surface area (Å²) in [5, 5.41) is 11.2. The van der Waals surface area contributed by atoms with Gasteiger partial charge in [0.05, 0.1) is 0 Å². The Bertz CT molecular complexity index is 293. The number of carbonyl (C=O) groups excluding carboxylic acids is 2. The van der Waals surface area contributed by atoms with Gasteiger partial charge in [0.15, 0.2) is 0 Å². The topological polar surface area (TPSA) is 113 Å². The molecule has 3 amide bonds. The molecule has 98 valence electrons. The molecule has 0 rings (SSSR count). The molecule has 0 bridgehead atoms. The number of carbonyl (C=O) groups is 3. The molecule has 0 aromatic rings. The number of amides is 3. The third kappa shape index (κ3) is 6.39. The second kappa shape index (κ2) is 7.48. The summed E-state index contributed by atoms with van der Waals surface area (Å²) in [5.41, 5.74) is 4.92. The number of hydrogen-bond acceptors (Lipinski definition) is 3. The fourth-order valence-corrected chi connectivity index (χ4v) is 1.24. The highest BCUT2D eigenvalue weighted by molar-refractivity contribution is 5.83. The molecular formula is C10H19N3O4. The molecule has 0 saturated carbocycles. The van der Waals surface area contributed by atoms with Crippen molar-refractivity contribution in [1.82, 2.24) is 10.2 Å². The quantitative estimate of drug-likeness (QED) is 0.574. The number of nitrogens with zero attached hydrogens (tertiary/aromatic N) is 1. The summed E-state index contributed by atoms with van der Waals surface area (Å²) >= 11 is 0. The molecule has 0 aliphatic heterocycles. The zero-order valence-electron chi connectivity index (χ0n) is 10.1. The van der Waals surface area contributed by atoms with Gasteiger partial charge in [-0.15, -0.1) is 0 Å². The number of hydrogen-bond donors (Lipinski definition) is 3. The molecule has 0 saturated heterocycles. The number of carboxylic acids is 1. The van der Waals surface area contributed by atoms with Gasteiger partial charge in [-0.05, 0) is 12.8 Å². The Morgan fingerprint density at radius 1 is 1.41 bits per heavy atom. The zero-order valence-corrected chi connectivity index (χ0v) is 10.1. The van der Waals surface area contributed by atoms with E-state index in [-0.39, 0.29) is 12.8 Å². The van der Waals surface area contributed by atoms with E-state index in [1.807, 2.05) is 6.92 Å². The Labute approximate surface area is 100.0 Å². The molecule has 7 nitrogen and oxygen atoms in total. The minimum Gasteiger partial charge on any atom is -0.480 e. The van der Waals surface area contributed by atoms with Crippen molar-refractivity contribution in [2.45, 2.75) is 32.2 Å². The van der Waals surface area contributed by atoms with E-state index >= 15 is 0 Å². The summed E-state index contributed by atoms with van der Waals surface area (Å²) in [6, 6.07) is -1.56. The smallest absolute Gasteiger partial charge is 0.326 e. The lowest BCUT2D eigenvalue weighted by atomic mass is 10.1. The first-order valence-corrected chi connectivity index (χ1v) is 5.41. The van der Waals surface area contributed by atoms with E-state index in [0.29, 0.717) is 6.54 Å². The second-order valence-electron chi connectivity index (χ2n) is 3.77. The van der Waals surface area contributed by atoms with Gasteiger partial charge in [-0.25, -0.2) is 9.59 Å². The average Bonchev–Trinajstić information content (AvgIpc) is 2.23. The van der Waals surface area contributed by atoms with Crippen molar-refractivity contribution in [3.8, 4) is 0 Å². The maximum atomic E-state index is 11.5. The number of nitrogens with two attached hydrogens (primary N) is 1. The molecule has 17 heavy (non-hydrogen) atoms. The van der Waals surface area contributed by atoms with Crippen LogP contribution in [0.25, 0.3) is 0 Å². The normalized spacial score (nSPS) is 11.6. The van der Waals surface area contributed by atoms with Crippen molar-refractivity contribution in [1.29, 1.82) is 0 Å². The molecule has 0 aromatic heterocycles. The lowest BCUT2D eigenvalue weighted by Crippen LogP contribution is -2.47. The Morgan fingerprint density at radius 2 is 2.00 bits per heavy atom. The molecule has 0 fully saturated rings. The molecule has 0 aromatic carbocycles. The highest BCUT2D eigenvalue weighted by atomic mass is 16.4. The van der Waals surface area contributed by atoms with Crippen LogP contribution in [0.5, 0.6) is 0 Å². The number of carboxylic acid groups (broad SMARTS) is 1. The number of urea groups is 1. The van der Waals surface area contributed by atoms with Crippen LogP contribution in [0, 0.1) is 0 Å². The average molecular weight is 245 g/mol. The van der Waals surface area contributed by atoms with E-state index in [9.17, 15) is 14.4 Å². The molecule has 1 unspecified atom stereocenters. The summed E-state index contributed by atoms with van der Waals surface area (Å²) in [4.78, 5) is 34.3. The molecule has 4 N–H and O–H groups in total. The molecule has 0 aliphatic rings. The third-order valence-corrected chi connectivity index (χ3v) is 2.18. The number of aliphatic carboxylic acids is 1. The number of primary amides is 1. The van der Waals surface area contributed by atoms with E-state index in [2.05, 4.69) is 5.32 Å². The number of rotatable bonds is 7. The molecule has 1 atom stereocenters. The van der Waals surface area contributed by atoms with Crippen molar-refractivity contribution in [3.63, 3.8) is 0 Å². The molecule has 0 radical (unpaired) electrons. The van der Waals surface area contributed by atoms with Crippen molar-refractivity contribution >= 4 is 17.9 Å². The zero-order chi connectivity index (χ0) is 13.4. The highest BCUT2D eigenvalue weighted by Crippen LogP contribution is 1.99. The lowest BCUT2D eigenvalue weighted by molar-refractivity contribution is -0.139. The summed E-state index contributed by atoms with van der Waals surface area (Å²) in [5.74, 6) is -1.77. The molecule has 0 aliphatic carbocycles. The van der Waals surface area contributed by atoms with Crippen LogP contribution < -0.4 is 11.1 Å². The summed E-state index contributed by atoms with van der Waals surface area (Å²) in [7, 11) is 1.58. The van der Waals surface area contributed by atoms with Gasteiger partial charge in [-0.2, -0.15) is 0 Å². The fourth-order valence-electron chi connectivity index (χ4n) is 1.24. The first kappa shape index (κ1) is 15.2. The van der Waals surface area contributed by atoms with Crippen molar-refractivity contribution in [3.05, 3.63) is 0 Å². The van der Waals surface area contributed by atoms with Crippen molar-refractivity contribution in [2.75, 3.05) is 13.6 Å². The number of nitrogens with one attached hydrogen (secondary N) is 1. The van der Waals surface area contributed by atoms with Gasteiger partial charge in [0.25, 0.3) is 0 Å². The monoisotopic (exact) mass is 245 g/mol. The lowest BCUT2D eigenvalue weighted by Gasteiger charge is -2.20. The molecule has 0 spiro atoms. The van der Waals surface area contributed by atoms with Gasteiger partial charge >= 0.3 is 12.0 Å². The van der Waals surface area contributed by atoms with E-state index < -0.39 is 23.9 Å².